The predicted molar refractivity (Wildman–Crippen MR) is 118 cm³/mol. The standard InChI is InChI=1S/C25H27N3O2/c1-18-8-10-19(11-9-18)21-16-26-25(27-17-21)30-23-14-12-20(13-15-23)24(29)28-22-6-4-2-3-5-7-22/h8-17,22H,2-7H2,1H3,(H,28,29). The van der Waals surface area contributed by atoms with Crippen LogP contribution in [0, 0.1) is 6.92 Å². The van der Waals surface area contributed by atoms with Crippen molar-refractivity contribution in [3.63, 3.8) is 0 Å². The number of benzene rings is 2. The summed E-state index contributed by atoms with van der Waals surface area (Å²) in [5, 5.41) is 3.17. The third-order valence-corrected chi connectivity index (χ3v) is 5.53. The molecule has 1 aliphatic carbocycles. The van der Waals surface area contributed by atoms with Crippen LogP contribution >= 0.6 is 0 Å². The highest BCUT2D eigenvalue weighted by Gasteiger charge is 2.16. The fraction of sp³-hybridized carbons (Fsp3) is 0.320. The number of aromatic nitrogens is 2. The Morgan fingerprint density at radius 2 is 1.50 bits per heavy atom. The summed E-state index contributed by atoms with van der Waals surface area (Å²) in [5.41, 5.74) is 3.86. The van der Waals surface area contributed by atoms with Crippen LogP contribution in [0.5, 0.6) is 11.8 Å². The molecule has 0 spiro atoms. The molecule has 1 saturated carbocycles. The molecule has 1 fully saturated rings. The van der Waals surface area contributed by atoms with Gasteiger partial charge in [0.05, 0.1) is 0 Å². The number of aryl methyl sites for hydroxylation is 1. The van der Waals surface area contributed by atoms with E-state index >= 15 is 0 Å². The normalized spacial score (nSPS) is 14.7. The zero-order chi connectivity index (χ0) is 20.8. The lowest BCUT2D eigenvalue weighted by Crippen LogP contribution is -2.34. The number of carbonyl (C=O) groups is 1. The summed E-state index contributed by atoms with van der Waals surface area (Å²) < 4.78 is 5.74. The van der Waals surface area contributed by atoms with E-state index in [0.717, 1.165) is 24.0 Å². The van der Waals surface area contributed by atoms with Gasteiger partial charge in [-0.1, -0.05) is 55.5 Å². The summed E-state index contributed by atoms with van der Waals surface area (Å²) in [6.07, 6.45) is 10.6. The van der Waals surface area contributed by atoms with E-state index in [4.69, 9.17) is 4.74 Å². The molecular formula is C25H27N3O2. The summed E-state index contributed by atoms with van der Waals surface area (Å²) in [4.78, 5) is 21.1. The van der Waals surface area contributed by atoms with Gasteiger partial charge in [0.15, 0.2) is 0 Å². The van der Waals surface area contributed by atoms with Gasteiger partial charge in [0.25, 0.3) is 5.91 Å². The van der Waals surface area contributed by atoms with E-state index in [1.807, 2.05) is 12.1 Å². The largest absolute Gasteiger partial charge is 0.424 e. The number of hydrogen-bond donors (Lipinski definition) is 1. The van der Waals surface area contributed by atoms with Gasteiger partial charge in [0.2, 0.25) is 0 Å². The van der Waals surface area contributed by atoms with E-state index < -0.39 is 0 Å². The molecule has 0 bridgehead atoms. The fourth-order valence-electron chi connectivity index (χ4n) is 3.74. The quantitative estimate of drug-likeness (QED) is 0.557. The van der Waals surface area contributed by atoms with Crippen LogP contribution in [0.25, 0.3) is 11.1 Å². The topological polar surface area (TPSA) is 64.1 Å². The van der Waals surface area contributed by atoms with Gasteiger partial charge in [-0.05, 0) is 49.6 Å². The Morgan fingerprint density at radius 1 is 0.867 bits per heavy atom. The SMILES string of the molecule is Cc1ccc(-c2cnc(Oc3ccc(C(=O)NC4CCCCCC4)cc3)nc2)cc1. The molecule has 5 nitrogen and oxygen atoms in total. The van der Waals surface area contributed by atoms with Crippen LogP contribution in [-0.2, 0) is 0 Å². The number of nitrogens with one attached hydrogen (secondary N) is 1. The number of amides is 1. The number of ether oxygens (including phenoxy) is 1. The van der Waals surface area contributed by atoms with E-state index in [1.165, 1.54) is 31.2 Å². The Bertz CT molecular complexity index is 959. The molecule has 3 aromatic rings. The average Bonchev–Trinajstić information content (AvgIpc) is 3.04. The molecule has 0 aliphatic heterocycles. The van der Waals surface area contributed by atoms with Crippen LogP contribution < -0.4 is 10.1 Å². The highest BCUT2D eigenvalue weighted by Crippen LogP contribution is 2.22. The first-order chi connectivity index (χ1) is 14.7. The van der Waals surface area contributed by atoms with E-state index in [0.29, 0.717) is 11.3 Å². The Morgan fingerprint density at radius 3 is 2.13 bits per heavy atom. The van der Waals surface area contributed by atoms with E-state index in [2.05, 4.69) is 34.3 Å². The Labute approximate surface area is 177 Å². The lowest BCUT2D eigenvalue weighted by atomic mass is 10.1. The Kier molecular flexibility index (Phi) is 6.38. The summed E-state index contributed by atoms with van der Waals surface area (Å²) in [6.45, 7) is 2.06. The molecule has 2 aromatic carbocycles. The van der Waals surface area contributed by atoms with Crippen molar-refractivity contribution in [3.05, 3.63) is 72.1 Å². The first-order valence-electron chi connectivity index (χ1n) is 10.7. The van der Waals surface area contributed by atoms with Crippen molar-refractivity contribution >= 4 is 5.91 Å². The van der Waals surface area contributed by atoms with Gasteiger partial charge in [-0.2, -0.15) is 0 Å². The molecule has 1 aromatic heterocycles. The van der Waals surface area contributed by atoms with Crippen molar-refractivity contribution < 1.29 is 9.53 Å². The second-order valence-corrected chi connectivity index (χ2v) is 7.91. The van der Waals surface area contributed by atoms with Crippen molar-refractivity contribution in [1.29, 1.82) is 0 Å². The maximum absolute atomic E-state index is 12.5. The molecule has 30 heavy (non-hydrogen) atoms. The molecule has 154 valence electrons. The molecule has 0 atom stereocenters. The Hall–Kier alpha value is -3.21. The molecule has 0 unspecified atom stereocenters. The number of nitrogens with zero attached hydrogens (tertiary/aromatic N) is 2. The van der Waals surface area contributed by atoms with Crippen molar-refractivity contribution in [2.75, 3.05) is 0 Å². The highest BCUT2D eigenvalue weighted by atomic mass is 16.5. The number of carbonyl (C=O) groups excluding carboxylic acids is 1. The van der Waals surface area contributed by atoms with Gasteiger partial charge in [-0.15, -0.1) is 0 Å². The zero-order valence-corrected chi connectivity index (χ0v) is 17.3. The average molecular weight is 402 g/mol. The summed E-state index contributed by atoms with van der Waals surface area (Å²) in [5.74, 6) is 0.580. The molecule has 4 rings (SSSR count). The van der Waals surface area contributed by atoms with Crippen LogP contribution in [0.3, 0.4) is 0 Å². The van der Waals surface area contributed by atoms with Crippen molar-refractivity contribution in [3.8, 4) is 22.9 Å². The van der Waals surface area contributed by atoms with Crippen LogP contribution in [-0.4, -0.2) is 21.9 Å². The fourth-order valence-corrected chi connectivity index (χ4v) is 3.74. The van der Waals surface area contributed by atoms with E-state index in [1.54, 1.807) is 36.7 Å². The van der Waals surface area contributed by atoms with Gasteiger partial charge >= 0.3 is 6.01 Å². The molecular weight excluding hydrogens is 374 g/mol. The molecule has 0 radical (unpaired) electrons. The minimum atomic E-state index is -0.0212. The van der Waals surface area contributed by atoms with E-state index in [9.17, 15) is 4.79 Å². The molecule has 5 heteroatoms. The van der Waals surface area contributed by atoms with Crippen molar-refractivity contribution in [1.82, 2.24) is 15.3 Å². The summed E-state index contributed by atoms with van der Waals surface area (Å²) in [6, 6.07) is 15.9. The first-order valence-corrected chi connectivity index (χ1v) is 10.7. The van der Waals surface area contributed by atoms with Crippen LogP contribution in [0.15, 0.2) is 60.9 Å². The molecule has 1 aliphatic rings. The van der Waals surface area contributed by atoms with Crippen LogP contribution in [0.4, 0.5) is 0 Å². The summed E-state index contributed by atoms with van der Waals surface area (Å²) in [7, 11) is 0. The molecule has 1 N–H and O–H groups in total. The minimum Gasteiger partial charge on any atom is -0.424 e. The Balaban J connectivity index is 1.36. The molecule has 1 heterocycles. The van der Waals surface area contributed by atoms with Gasteiger partial charge in [0.1, 0.15) is 5.75 Å². The number of hydrogen-bond acceptors (Lipinski definition) is 4. The smallest absolute Gasteiger partial charge is 0.321 e. The maximum Gasteiger partial charge on any atom is 0.321 e. The lowest BCUT2D eigenvalue weighted by molar-refractivity contribution is 0.0933. The second kappa shape index (κ2) is 9.53. The molecule has 0 saturated heterocycles. The van der Waals surface area contributed by atoms with Gasteiger partial charge < -0.3 is 10.1 Å². The zero-order valence-electron chi connectivity index (χ0n) is 17.3. The number of rotatable bonds is 5. The van der Waals surface area contributed by atoms with Crippen molar-refractivity contribution in [2.24, 2.45) is 0 Å². The van der Waals surface area contributed by atoms with Gasteiger partial charge in [-0.3, -0.25) is 4.79 Å². The van der Waals surface area contributed by atoms with Crippen molar-refractivity contribution in [2.45, 2.75) is 51.5 Å². The second-order valence-electron chi connectivity index (χ2n) is 7.91. The monoisotopic (exact) mass is 401 g/mol. The van der Waals surface area contributed by atoms with Crippen LogP contribution in [0.1, 0.15) is 54.4 Å². The third-order valence-electron chi connectivity index (χ3n) is 5.53. The summed E-state index contributed by atoms with van der Waals surface area (Å²) >= 11 is 0. The third kappa shape index (κ3) is 5.23. The van der Waals surface area contributed by atoms with Gasteiger partial charge in [-0.25, -0.2) is 9.97 Å². The molecule has 1 amide bonds. The van der Waals surface area contributed by atoms with E-state index in [-0.39, 0.29) is 18.0 Å². The van der Waals surface area contributed by atoms with Gasteiger partial charge in [0, 0.05) is 29.6 Å². The maximum atomic E-state index is 12.5. The lowest BCUT2D eigenvalue weighted by Gasteiger charge is -2.16. The minimum absolute atomic E-state index is 0.0212. The predicted octanol–water partition coefficient (Wildman–Crippen LogP) is 5.70. The first kappa shape index (κ1) is 20.1. The van der Waals surface area contributed by atoms with Crippen LogP contribution in [0.2, 0.25) is 0 Å². The highest BCUT2D eigenvalue weighted by molar-refractivity contribution is 5.94.